The van der Waals surface area contributed by atoms with E-state index >= 15 is 0 Å². The molecule has 0 radical (unpaired) electrons. The molecule has 1 aliphatic rings. The predicted octanol–water partition coefficient (Wildman–Crippen LogP) is 2.78. The van der Waals surface area contributed by atoms with Gasteiger partial charge in [0, 0.05) is 7.05 Å². The molecule has 4 nitrogen and oxygen atoms in total. The molecular weight excluding hydrogens is 190 g/mol. The van der Waals surface area contributed by atoms with Gasteiger partial charge in [-0.05, 0) is 40.2 Å². The molecule has 0 aliphatic carbocycles. The van der Waals surface area contributed by atoms with Gasteiger partial charge in [0.05, 0.1) is 23.9 Å². The summed E-state index contributed by atoms with van der Waals surface area (Å²) in [6.07, 6.45) is 0. The van der Waals surface area contributed by atoms with E-state index in [0.29, 0.717) is 0 Å². The van der Waals surface area contributed by atoms with Crippen molar-refractivity contribution in [3.05, 3.63) is 11.3 Å². The Kier molecular flexibility index (Phi) is 3.03. The Bertz CT molecular complexity index is 316. The molecule has 1 heterocycles. The summed E-state index contributed by atoms with van der Waals surface area (Å²) in [5.74, 6) is 0. The summed E-state index contributed by atoms with van der Waals surface area (Å²) in [4.78, 5) is 5.48. The molecule has 0 saturated carbocycles. The first-order valence-electron chi connectivity index (χ1n) is 5.16. The van der Waals surface area contributed by atoms with Crippen LogP contribution in [0.4, 0.5) is 0 Å². The van der Waals surface area contributed by atoms with E-state index in [0.717, 1.165) is 5.70 Å². The smallest absolute Gasteiger partial charge is 0.0855 e. The van der Waals surface area contributed by atoms with E-state index < -0.39 is 0 Å². The Morgan fingerprint density at radius 2 is 1.67 bits per heavy atom. The molecule has 0 bridgehead atoms. The Morgan fingerprint density at radius 3 is 2.00 bits per heavy atom. The minimum Gasteiger partial charge on any atom is -0.301 e. The van der Waals surface area contributed by atoms with E-state index in [2.05, 4.69) is 44.8 Å². The van der Waals surface area contributed by atoms with Crippen LogP contribution in [-0.4, -0.2) is 30.3 Å². The van der Waals surface area contributed by atoms with Crippen molar-refractivity contribution in [1.82, 2.24) is 5.06 Å². The lowest BCUT2D eigenvalue weighted by Gasteiger charge is -2.39. The maximum atomic E-state index is 5.48. The van der Waals surface area contributed by atoms with Gasteiger partial charge in [0.15, 0.2) is 0 Å². The molecular formula is C11H21N3O. The third-order valence-corrected chi connectivity index (χ3v) is 3.25. The van der Waals surface area contributed by atoms with Crippen LogP contribution < -0.4 is 0 Å². The van der Waals surface area contributed by atoms with Crippen molar-refractivity contribution in [1.29, 1.82) is 0 Å². The number of rotatable bonds is 2. The van der Waals surface area contributed by atoms with Crippen molar-refractivity contribution in [2.24, 2.45) is 10.2 Å². The number of hydrogen-bond acceptors (Lipinski definition) is 4. The summed E-state index contributed by atoms with van der Waals surface area (Å²) in [6.45, 7) is 10.5. The summed E-state index contributed by atoms with van der Waals surface area (Å²) >= 11 is 0. The highest BCUT2D eigenvalue weighted by atomic mass is 16.7. The quantitative estimate of drug-likeness (QED) is 0.659. The summed E-state index contributed by atoms with van der Waals surface area (Å²) in [5, 5.41) is 10.1. The number of hydrogen-bond donors (Lipinski definition) is 0. The van der Waals surface area contributed by atoms with Gasteiger partial charge in [0.25, 0.3) is 0 Å². The van der Waals surface area contributed by atoms with Crippen LogP contribution in [0.5, 0.6) is 0 Å². The maximum absolute atomic E-state index is 5.48. The van der Waals surface area contributed by atoms with Crippen LogP contribution in [0, 0.1) is 0 Å². The van der Waals surface area contributed by atoms with Crippen molar-refractivity contribution in [2.45, 2.75) is 45.7 Å². The first kappa shape index (κ1) is 12.3. The van der Waals surface area contributed by atoms with Gasteiger partial charge in [0.1, 0.15) is 0 Å². The number of nitrogens with zero attached hydrogens (tertiary/aromatic N) is 3. The maximum Gasteiger partial charge on any atom is 0.0855 e. The second-order valence-corrected chi connectivity index (χ2v) is 4.87. The fraction of sp³-hybridized carbons (Fsp3) is 0.818. The Hall–Kier alpha value is -0.740. The van der Waals surface area contributed by atoms with Crippen molar-refractivity contribution >= 4 is 0 Å². The SMILES string of the molecule is CN=NC1=C(C)C(C)(C)N(OC)C1(C)C. The van der Waals surface area contributed by atoms with Gasteiger partial charge in [-0.1, -0.05) is 0 Å². The molecule has 15 heavy (non-hydrogen) atoms. The molecule has 0 aromatic carbocycles. The van der Waals surface area contributed by atoms with Gasteiger partial charge in [-0.15, -0.1) is 0 Å². The van der Waals surface area contributed by atoms with E-state index in [9.17, 15) is 0 Å². The lowest BCUT2D eigenvalue weighted by atomic mass is 9.97. The van der Waals surface area contributed by atoms with Gasteiger partial charge in [-0.25, -0.2) is 0 Å². The highest BCUT2D eigenvalue weighted by Crippen LogP contribution is 2.45. The summed E-state index contributed by atoms with van der Waals surface area (Å²) in [7, 11) is 3.39. The van der Waals surface area contributed by atoms with Gasteiger partial charge in [0.2, 0.25) is 0 Å². The Morgan fingerprint density at radius 1 is 1.13 bits per heavy atom. The van der Waals surface area contributed by atoms with E-state index in [1.807, 2.05) is 5.06 Å². The molecule has 0 unspecified atom stereocenters. The fourth-order valence-electron chi connectivity index (χ4n) is 2.45. The Balaban J connectivity index is 3.30. The minimum absolute atomic E-state index is 0.137. The fourth-order valence-corrected chi connectivity index (χ4v) is 2.45. The molecule has 0 spiro atoms. The second kappa shape index (κ2) is 3.68. The molecule has 0 amide bonds. The average molecular weight is 211 g/mol. The van der Waals surface area contributed by atoms with E-state index in [-0.39, 0.29) is 11.1 Å². The zero-order valence-corrected chi connectivity index (χ0v) is 10.7. The zero-order valence-electron chi connectivity index (χ0n) is 10.7. The van der Waals surface area contributed by atoms with Crippen LogP contribution >= 0.6 is 0 Å². The standard InChI is InChI=1S/C11H21N3O/c1-8-9(13-12-6)11(4,5)14(15-7)10(8,2)3/h1-7H3. The monoisotopic (exact) mass is 211 g/mol. The molecule has 1 aliphatic heterocycles. The Labute approximate surface area is 92.0 Å². The van der Waals surface area contributed by atoms with Crippen molar-refractivity contribution < 1.29 is 4.84 Å². The van der Waals surface area contributed by atoms with Crippen LogP contribution in [0.15, 0.2) is 21.5 Å². The summed E-state index contributed by atoms with van der Waals surface area (Å²) in [6, 6.07) is 0. The first-order valence-corrected chi connectivity index (χ1v) is 5.16. The van der Waals surface area contributed by atoms with Crippen molar-refractivity contribution in [3.8, 4) is 0 Å². The van der Waals surface area contributed by atoms with E-state index in [1.165, 1.54) is 5.57 Å². The summed E-state index contributed by atoms with van der Waals surface area (Å²) < 4.78 is 0. The molecule has 0 aromatic rings. The first-order chi connectivity index (χ1) is 6.80. The average Bonchev–Trinajstić information content (AvgIpc) is 2.23. The molecule has 0 N–H and O–H groups in total. The normalized spacial score (nSPS) is 25.5. The number of azo groups is 1. The highest BCUT2D eigenvalue weighted by Gasteiger charge is 2.50. The lowest BCUT2D eigenvalue weighted by molar-refractivity contribution is -0.215. The van der Waals surface area contributed by atoms with Crippen LogP contribution in [0.2, 0.25) is 0 Å². The topological polar surface area (TPSA) is 37.2 Å². The third-order valence-electron chi connectivity index (χ3n) is 3.25. The lowest BCUT2D eigenvalue weighted by Crippen LogP contribution is -2.49. The molecule has 1 rings (SSSR count). The van der Waals surface area contributed by atoms with Gasteiger partial charge < -0.3 is 4.84 Å². The second-order valence-electron chi connectivity index (χ2n) is 4.87. The molecule has 0 atom stereocenters. The molecule has 0 aromatic heterocycles. The van der Waals surface area contributed by atoms with Crippen molar-refractivity contribution in [2.75, 3.05) is 14.2 Å². The van der Waals surface area contributed by atoms with Crippen molar-refractivity contribution in [3.63, 3.8) is 0 Å². The predicted molar refractivity (Wildman–Crippen MR) is 60.5 cm³/mol. The van der Waals surface area contributed by atoms with Crippen LogP contribution in [0.3, 0.4) is 0 Å². The summed E-state index contributed by atoms with van der Waals surface area (Å²) in [5.41, 5.74) is 1.83. The van der Waals surface area contributed by atoms with Gasteiger partial charge in [-0.2, -0.15) is 15.3 Å². The molecule has 4 heteroatoms. The van der Waals surface area contributed by atoms with Gasteiger partial charge in [-0.3, -0.25) is 0 Å². The van der Waals surface area contributed by atoms with Crippen LogP contribution in [0.25, 0.3) is 0 Å². The third kappa shape index (κ3) is 1.62. The van der Waals surface area contributed by atoms with E-state index in [4.69, 9.17) is 4.84 Å². The van der Waals surface area contributed by atoms with Crippen LogP contribution in [-0.2, 0) is 4.84 Å². The highest BCUT2D eigenvalue weighted by molar-refractivity contribution is 5.35. The molecule has 0 saturated heterocycles. The van der Waals surface area contributed by atoms with Crippen LogP contribution in [0.1, 0.15) is 34.6 Å². The zero-order chi connectivity index (χ0) is 11.9. The molecule has 86 valence electrons. The minimum atomic E-state index is -0.234. The van der Waals surface area contributed by atoms with E-state index in [1.54, 1.807) is 14.2 Å². The van der Waals surface area contributed by atoms with Gasteiger partial charge >= 0.3 is 0 Å². The molecule has 0 fully saturated rings. The largest absolute Gasteiger partial charge is 0.301 e. The number of hydroxylamine groups is 2.